The Morgan fingerprint density at radius 1 is 1.24 bits per heavy atom. The van der Waals surface area contributed by atoms with E-state index in [2.05, 4.69) is 41.6 Å². The van der Waals surface area contributed by atoms with Crippen LogP contribution in [-0.4, -0.2) is 46.7 Å². The van der Waals surface area contributed by atoms with Gasteiger partial charge >= 0.3 is 0 Å². The lowest BCUT2D eigenvalue weighted by Crippen LogP contribution is -2.25. The topological polar surface area (TPSA) is 65.4 Å². The number of allylic oxidation sites excluding steroid dienone is 2. The summed E-state index contributed by atoms with van der Waals surface area (Å²) in [6, 6.07) is 11.8. The predicted molar refractivity (Wildman–Crippen MR) is 151 cm³/mol. The molecule has 5 rings (SSSR count). The van der Waals surface area contributed by atoms with Gasteiger partial charge in [0.25, 0.3) is 5.91 Å². The van der Waals surface area contributed by atoms with Crippen molar-refractivity contribution in [3.05, 3.63) is 89.8 Å². The van der Waals surface area contributed by atoms with Crippen LogP contribution < -0.4 is 14.8 Å². The minimum Gasteiger partial charge on any atom is -0.486 e. The lowest BCUT2D eigenvalue weighted by Gasteiger charge is -2.21. The molecule has 3 aromatic rings. The first kappa shape index (κ1) is 25.2. The first-order chi connectivity index (χ1) is 18.2. The Hall–Kier alpha value is -3.45. The van der Waals surface area contributed by atoms with Crippen molar-refractivity contribution in [2.45, 2.75) is 32.2 Å². The minimum atomic E-state index is -0.113. The molecule has 192 valence electrons. The molecular formula is C30H33N3O3S. The molecule has 0 bridgehead atoms. The number of imidazole rings is 1. The van der Waals surface area contributed by atoms with E-state index in [1.165, 1.54) is 0 Å². The molecule has 0 unspecified atom stereocenters. The molecule has 2 aromatic carbocycles. The Balaban J connectivity index is 1.36. The molecule has 0 atom stereocenters. The van der Waals surface area contributed by atoms with Crippen LogP contribution in [0.15, 0.2) is 72.9 Å². The van der Waals surface area contributed by atoms with Gasteiger partial charge in [-0.25, -0.2) is 4.98 Å². The Morgan fingerprint density at radius 2 is 2.11 bits per heavy atom. The number of carbonyl (C=O) groups is 1. The first-order valence-corrected chi connectivity index (χ1v) is 14.0. The predicted octanol–water partition coefficient (Wildman–Crippen LogP) is 5.88. The molecule has 6 nitrogen and oxygen atoms in total. The van der Waals surface area contributed by atoms with E-state index in [4.69, 9.17) is 14.5 Å². The molecule has 1 aliphatic carbocycles. The third kappa shape index (κ3) is 5.93. The van der Waals surface area contributed by atoms with Crippen LogP contribution in [0.3, 0.4) is 0 Å². The molecule has 0 spiro atoms. The van der Waals surface area contributed by atoms with Crippen molar-refractivity contribution in [1.82, 2.24) is 14.9 Å². The molecule has 37 heavy (non-hydrogen) atoms. The van der Waals surface area contributed by atoms with Crippen molar-refractivity contribution in [2.24, 2.45) is 0 Å². The van der Waals surface area contributed by atoms with Gasteiger partial charge in [0.15, 0.2) is 11.5 Å². The van der Waals surface area contributed by atoms with Gasteiger partial charge in [0, 0.05) is 29.3 Å². The molecule has 1 aliphatic heterocycles. The SMILES string of the molecule is C=C/C=C(\C=C/CSCC)CNC(=O)c1ccc2c(c1)nc(C1CC1)n2Cc1cccc2c1OCCO2. The summed E-state index contributed by atoms with van der Waals surface area (Å²) >= 11 is 1.86. The van der Waals surface area contributed by atoms with Crippen LogP contribution in [-0.2, 0) is 6.54 Å². The van der Waals surface area contributed by atoms with E-state index in [1.807, 2.05) is 48.2 Å². The number of amides is 1. The third-order valence-corrected chi connectivity index (χ3v) is 7.33. The van der Waals surface area contributed by atoms with Crippen LogP contribution in [0.1, 0.15) is 47.4 Å². The fourth-order valence-electron chi connectivity index (χ4n) is 4.53. The summed E-state index contributed by atoms with van der Waals surface area (Å²) < 4.78 is 14.0. The summed E-state index contributed by atoms with van der Waals surface area (Å²) in [6.45, 7) is 8.16. The first-order valence-electron chi connectivity index (χ1n) is 12.9. The van der Waals surface area contributed by atoms with Gasteiger partial charge in [-0.05, 0) is 48.4 Å². The summed E-state index contributed by atoms with van der Waals surface area (Å²) in [7, 11) is 0. The highest BCUT2D eigenvalue weighted by Crippen LogP contribution is 2.42. The average Bonchev–Trinajstić information content (AvgIpc) is 3.71. The lowest BCUT2D eigenvalue weighted by molar-refractivity contribution is 0.0957. The number of aromatic nitrogens is 2. The molecule has 7 heteroatoms. The van der Waals surface area contributed by atoms with Gasteiger partial charge < -0.3 is 19.4 Å². The van der Waals surface area contributed by atoms with Crippen LogP contribution in [0.2, 0.25) is 0 Å². The maximum atomic E-state index is 13.0. The van der Waals surface area contributed by atoms with E-state index in [9.17, 15) is 4.79 Å². The fraction of sp³-hybridized carbons (Fsp3) is 0.333. The monoisotopic (exact) mass is 515 g/mol. The van der Waals surface area contributed by atoms with E-state index in [1.54, 1.807) is 6.08 Å². The second-order valence-electron chi connectivity index (χ2n) is 9.20. The number of benzene rings is 2. The summed E-state index contributed by atoms with van der Waals surface area (Å²) in [5, 5.41) is 3.04. The lowest BCUT2D eigenvalue weighted by atomic mass is 10.1. The summed E-state index contributed by atoms with van der Waals surface area (Å²) in [4.78, 5) is 18.0. The van der Waals surface area contributed by atoms with Gasteiger partial charge in [0.1, 0.15) is 19.0 Å². The standard InChI is InChI=1S/C30H33N3O3S/c1-3-7-21(8-6-17-37-4-2)19-31-30(34)23-13-14-26-25(18-23)32-29(22-11-12-22)33(26)20-24-9-5-10-27-28(24)36-16-15-35-27/h3,5-10,13-14,18,22H,1,4,11-12,15-17,19-20H2,2H3,(H,31,34)/b8-6-,21-7+. The Morgan fingerprint density at radius 3 is 2.92 bits per heavy atom. The number of para-hydroxylation sites is 1. The van der Waals surface area contributed by atoms with E-state index in [-0.39, 0.29) is 5.91 Å². The summed E-state index contributed by atoms with van der Waals surface area (Å²) in [5.74, 6) is 5.07. The highest BCUT2D eigenvalue weighted by atomic mass is 32.2. The molecular weight excluding hydrogens is 482 g/mol. The zero-order chi connectivity index (χ0) is 25.6. The number of ether oxygens (including phenoxy) is 2. The van der Waals surface area contributed by atoms with Crippen molar-refractivity contribution < 1.29 is 14.3 Å². The van der Waals surface area contributed by atoms with Crippen molar-refractivity contribution in [3.8, 4) is 11.5 Å². The Kier molecular flexibility index (Phi) is 7.99. The van der Waals surface area contributed by atoms with Crippen LogP contribution in [0.5, 0.6) is 11.5 Å². The molecule has 1 fully saturated rings. The number of nitrogens with zero attached hydrogens (tertiary/aromatic N) is 2. The Bertz CT molecular complexity index is 1350. The van der Waals surface area contributed by atoms with Crippen LogP contribution in [0.25, 0.3) is 11.0 Å². The summed E-state index contributed by atoms with van der Waals surface area (Å²) in [6.07, 6.45) is 10.1. The van der Waals surface area contributed by atoms with Gasteiger partial charge in [0.2, 0.25) is 0 Å². The molecule has 2 aliphatic rings. The number of hydrogen-bond donors (Lipinski definition) is 1. The van der Waals surface area contributed by atoms with E-state index >= 15 is 0 Å². The third-order valence-electron chi connectivity index (χ3n) is 6.49. The van der Waals surface area contributed by atoms with E-state index in [0.717, 1.165) is 63.8 Å². The van der Waals surface area contributed by atoms with Crippen molar-refractivity contribution in [3.63, 3.8) is 0 Å². The minimum absolute atomic E-state index is 0.113. The number of carbonyl (C=O) groups excluding carboxylic acids is 1. The van der Waals surface area contributed by atoms with Gasteiger partial charge in [-0.3, -0.25) is 4.79 Å². The second kappa shape index (κ2) is 11.7. The molecule has 0 radical (unpaired) electrons. The number of hydrogen-bond acceptors (Lipinski definition) is 5. The number of fused-ring (bicyclic) bond motifs is 2. The quantitative estimate of drug-likeness (QED) is 0.255. The van der Waals surface area contributed by atoms with Crippen molar-refractivity contribution in [2.75, 3.05) is 31.3 Å². The molecule has 1 amide bonds. The second-order valence-corrected chi connectivity index (χ2v) is 10.5. The van der Waals surface area contributed by atoms with Gasteiger partial charge in [0.05, 0.1) is 17.6 Å². The number of thioether (sulfide) groups is 1. The van der Waals surface area contributed by atoms with Crippen LogP contribution in [0, 0.1) is 0 Å². The Labute approximate surface area is 222 Å². The van der Waals surface area contributed by atoms with Gasteiger partial charge in [-0.2, -0.15) is 11.8 Å². The largest absolute Gasteiger partial charge is 0.486 e. The molecule has 2 heterocycles. The maximum absolute atomic E-state index is 13.0. The number of nitrogens with one attached hydrogen (secondary N) is 1. The smallest absolute Gasteiger partial charge is 0.251 e. The maximum Gasteiger partial charge on any atom is 0.251 e. The normalized spacial score (nSPS) is 15.3. The molecule has 1 aromatic heterocycles. The van der Waals surface area contributed by atoms with Gasteiger partial charge in [-0.1, -0.05) is 49.9 Å². The van der Waals surface area contributed by atoms with Crippen LogP contribution in [0.4, 0.5) is 0 Å². The van der Waals surface area contributed by atoms with Gasteiger partial charge in [-0.15, -0.1) is 0 Å². The molecule has 1 saturated carbocycles. The van der Waals surface area contributed by atoms with E-state index in [0.29, 0.717) is 37.8 Å². The molecule has 0 saturated heterocycles. The van der Waals surface area contributed by atoms with Crippen molar-refractivity contribution in [1.29, 1.82) is 0 Å². The fourth-order valence-corrected chi connectivity index (χ4v) is 5.00. The molecule has 1 N–H and O–H groups in total. The number of rotatable bonds is 11. The highest BCUT2D eigenvalue weighted by molar-refractivity contribution is 7.99. The van der Waals surface area contributed by atoms with E-state index < -0.39 is 0 Å². The summed E-state index contributed by atoms with van der Waals surface area (Å²) in [5.41, 5.74) is 4.56. The van der Waals surface area contributed by atoms with Crippen molar-refractivity contribution >= 4 is 28.7 Å². The highest BCUT2D eigenvalue weighted by Gasteiger charge is 2.30. The van der Waals surface area contributed by atoms with Crippen LogP contribution >= 0.6 is 11.8 Å². The average molecular weight is 516 g/mol. The zero-order valence-electron chi connectivity index (χ0n) is 21.2. The zero-order valence-corrected chi connectivity index (χ0v) is 22.1.